The van der Waals surface area contributed by atoms with Crippen LogP contribution < -0.4 is 0 Å². The van der Waals surface area contributed by atoms with Crippen molar-refractivity contribution in [3.63, 3.8) is 0 Å². The lowest BCUT2D eigenvalue weighted by atomic mass is 9.94. The van der Waals surface area contributed by atoms with Crippen LogP contribution in [0.5, 0.6) is 0 Å². The van der Waals surface area contributed by atoms with Crippen molar-refractivity contribution in [1.29, 1.82) is 0 Å². The first kappa shape index (κ1) is 15.6. The second kappa shape index (κ2) is 6.27. The molecule has 2 aromatic heterocycles. The van der Waals surface area contributed by atoms with Crippen LogP contribution in [0, 0.1) is 0 Å². The van der Waals surface area contributed by atoms with E-state index in [1.807, 2.05) is 29.2 Å². The van der Waals surface area contributed by atoms with E-state index >= 15 is 0 Å². The van der Waals surface area contributed by atoms with Crippen LogP contribution in [0.4, 0.5) is 0 Å². The van der Waals surface area contributed by atoms with Crippen molar-refractivity contribution in [2.45, 2.75) is 44.4 Å². The molecular weight excluding hydrogens is 330 g/mol. The van der Waals surface area contributed by atoms with Gasteiger partial charge in [0.05, 0.1) is 11.6 Å². The summed E-state index contributed by atoms with van der Waals surface area (Å²) in [4.78, 5) is 19.5. The van der Waals surface area contributed by atoms with Gasteiger partial charge in [0.15, 0.2) is 11.5 Å². The first-order chi connectivity index (χ1) is 12.8. The maximum absolute atomic E-state index is 13.0. The second-order valence-electron chi connectivity index (χ2n) is 7.25. The molecule has 6 heteroatoms. The summed E-state index contributed by atoms with van der Waals surface area (Å²) < 4.78 is 11.4. The van der Waals surface area contributed by atoms with Gasteiger partial charge in [-0.05, 0) is 50.7 Å². The zero-order chi connectivity index (χ0) is 17.5. The van der Waals surface area contributed by atoms with Crippen molar-refractivity contribution in [2.75, 3.05) is 13.1 Å². The molecule has 0 saturated carbocycles. The minimum Gasteiger partial charge on any atom is -0.440 e. The molecule has 0 radical (unpaired) electrons. The van der Waals surface area contributed by atoms with Crippen molar-refractivity contribution in [3.05, 3.63) is 47.2 Å². The average molecular weight is 351 g/mol. The summed E-state index contributed by atoms with van der Waals surface area (Å²) in [6.07, 6.45) is 5.94. The predicted molar refractivity (Wildman–Crippen MR) is 95.0 cm³/mol. The Bertz CT molecular complexity index is 925. The highest BCUT2D eigenvalue weighted by Gasteiger charge is 2.32. The lowest BCUT2D eigenvalue weighted by Crippen LogP contribution is -2.39. The van der Waals surface area contributed by atoms with Crippen LogP contribution in [0.1, 0.15) is 59.3 Å². The van der Waals surface area contributed by atoms with Crippen LogP contribution >= 0.6 is 0 Å². The number of likely N-dealkylation sites (tertiary alicyclic amines) is 1. The molecule has 0 bridgehead atoms. The van der Waals surface area contributed by atoms with Gasteiger partial charge in [0.1, 0.15) is 5.52 Å². The van der Waals surface area contributed by atoms with Gasteiger partial charge in [0.2, 0.25) is 5.76 Å². The molecule has 3 aromatic rings. The normalized spacial score (nSPS) is 20.3. The largest absolute Gasteiger partial charge is 0.440 e. The average Bonchev–Trinajstić information content (AvgIpc) is 3.32. The van der Waals surface area contributed by atoms with E-state index in [1.54, 1.807) is 0 Å². The van der Waals surface area contributed by atoms with Crippen molar-refractivity contribution in [1.82, 2.24) is 15.0 Å². The number of carbonyl (C=O) groups is 1. The molecule has 1 aliphatic heterocycles. The fourth-order valence-electron chi connectivity index (χ4n) is 4.13. The number of piperidine rings is 1. The first-order valence-corrected chi connectivity index (χ1v) is 9.42. The fourth-order valence-corrected chi connectivity index (χ4v) is 4.13. The first-order valence-electron chi connectivity index (χ1n) is 9.42. The standard InChI is InChI=1S/C20H21N3O3/c24-20(18-14-7-1-2-8-15(14)22-26-18)23-11-5-6-13(12-23)19-21-16-9-3-4-10-17(16)25-19/h3-4,9-10,13H,1-2,5-8,11-12H2. The lowest BCUT2D eigenvalue weighted by molar-refractivity contribution is 0.0655. The number of benzene rings is 1. The van der Waals surface area contributed by atoms with Crippen LogP contribution in [-0.4, -0.2) is 34.0 Å². The van der Waals surface area contributed by atoms with Crippen molar-refractivity contribution in [3.8, 4) is 0 Å². The van der Waals surface area contributed by atoms with Gasteiger partial charge in [-0.2, -0.15) is 0 Å². The summed E-state index contributed by atoms with van der Waals surface area (Å²) in [6, 6.07) is 7.78. The van der Waals surface area contributed by atoms with Gasteiger partial charge >= 0.3 is 0 Å². The molecule has 0 N–H and O–H groups in total. The van der Waals surface area contributed by atoms with E-state index in [-0.39, 0.29) is 11.8 Å². The van der Waals surface area contributed by atoms with Gasteiger partial charge in [-0.3, -0.25) is 4.79 Å². The van der Waals surface area contributed by atoms with E-state index in [9.17, 15) is 4.79 Å². The Morgan fingerprint density at radius 2 is 2.04 bits per heavy atom. The van der Waals surface area contributed by atoms with Gasteiger partial charge in [0, 0.05) is 18.7 Å². The molecule has 5 rings (SSSR count). The molecule has 2 aliphatic rings. The third-order valence-corrected chi connectivity index (χ3v) is 5.52. The Hall–Kier alpha value is -2.63. The zero-order valence-electron chi connectivity index (χ0n) is 14.6. The van der Waals surface area contributed by atoms with Gasteiger partial charge in [-0.1, -0.05) is 17.3 Å². The van der Waals surface area contributed by atoms with Crippen LogP contribution in [0.2, 0.25) is 0 Å². The third kappa shape index (κ3) is 2.60. The van der Waals surface area contributed by atoms with Gasteiger partial charge in [-0.15, -0.1) is 0 Å². The van der Waals surface area contributed by atoms with Crippen LogP contribution in [-0.2, 0) is 12.8 Å². The van der Waals surface area contributed by atoms with E-state index in [4.69, 9.17) is 8.94 Å². The Balaban J connectivity index is 1.38. The van der Waals surface area contributed by atoms with Crippen LogP contribution in [0.25, 0.3) is 11.1 Å². The van der Waals surface area contributed by atoms with Crippen molar-refractivity contribution >= 4 is 17.0 Å². The van der Waals surface area contributed by atoms with Gasteiger partial charge in [0.25, 0.3) is 5.91 Å². The van der Waals surface area contributed by atoms with E-state index in [0.29, 0.717) is 12.3 Å². The molecule has 1 aliphatic carbocycles. The highest BCUT2D eigenvalue weighted by molar-refractivity contribution is 5.93. The number of hydrogen-bond donors (Lipinski definition) is 0. The molecule has 1 saturated heterocycles. The summed E-state index contributed by atoms with van der Waals surface area (Å²) >= 11 is 0. The number of amides is 1. The minimum atomic E-state index is -0.0403. The second-order valence-corrected chi connectivity index (χ2v) is 7.25. The fraction of sp³-hybridized carbons (Fsp3) is 0.450. The van der Waals surface area contributed by atoms with E-state index in [0.717, 1.165) is 73.3 Å². The maximum atomic E-state index is 13.0. The molecular formula is C20H21N3O3. The summed E-state index contributed by atoms with van der Waals surface area (Å²) in [5, 5.41) is 4.13. The van der Waals surface area contributed by atoms with E-state index in [1.165, 1.54) is 0 Å². The number of aromatic nitrogens is 2. The number of aryl methyl sites for hydroxylation is 1. The summed E-state index contributed by atoms with van der Waals surface area (Å²) in [7, 11) is 0. The number of oxazole rings is 1. The van der Waals surface area contributed by atoms with Crippen molar-refractivity contribution < 1.29 is 13.7 Å². The van der Waals surface area contributed by atoms with E-state index < -0.39 is 0 Å². The maximum Gasteiger partial charge on any atom is 0.292 e. The Labute approximate surface area is 151 Å². The monoisotopic (exact) mass is 351 g/mol. The summed E-state index contributed by atoms with van der Waals surface area (Å²) in [5.74, 6) is 1.25. The number of carbonyl (C=O) groups excluding carboxylic acids is 1. The summed E-state index contributed by atoms with van der Waals surface area (Å²) in [6.45, 7) is 1.35. The molecule has 1 fully saturated rings. The quantitative estimate of drug-likeness (QED) is 0.704. The molecule has 3 heterocycles. The number of rotatable bonds is 2. The predicted octanol–water partition coefficient (Wildman–Crippen LogP) is 3.71. The minimum absolute atomic E-state index is 0.0403. The molecule has 1 unspecified atom stereocenters. The Kier molecular flexibility index (Phi) is 3.76. The molecule has 6 nitrogen and oxygen atoms in total. The highest BCUT2D eigenvalue weighted by atomic mass is 16.5. The Morgan fingerprint density at radius 3 is 2.96 bits per heavy atom. The SMILES string of the molecule is O=C(c1onc2c1CCCC2)N1CCCC(c2nc3ccccc3o2)C1. The van der Waals surface area contributed by atoms with Crippen LogP contribution in [0.3, 0.4) is 0 Å². The van der Waals surface area contributed by atoms with Crippen molar-refractivity contribution in [2.24, 2.45) is 0 Å². The van der Waals surface area contributed by atoms with Gasteiger partial charge < -0.3 is 13.8 Å². The topological polar surface area (TPSA) is 72.4 Å². The van der Waals surface area contributed by atoms with E-state index in [2.05, 4.69) is 10.1 Å². The molecule has 26 heavy (non-hydrogen) atoms. The van der Waals surface area contributed by atoms with Crippen LogP contribution in [0.15, 0.2) is 33.2 Å². The lowest BCUT2D eigenvalue weighted by Gasteiger charge is -2.30. The zero-order valence-corrected chi connectivity index (χ0v) is 14.6. The molecule has 1 atom stereocenters. The smallest absolute Gasteiger partial charge is 0.292 e. The third-order valence-electron chi connectivity index (χ3n) is 5.52. The number of nitrogens with zero attached hydrogens (tertiary/aromatic N) is 3. The molecule has 0 spiro atoms. The molecule has 1 aromatic carbocycles. The highest BCUT2D eigenvalue weighted by Crippen LogP contribution is 2.31. The number of fused-ring (bicyclic) bond motifs is 2. The molecule has 134 valence electrons. The molecule has 1 amide bonds. The summed E-state index contributed by atoms with van der Waals surface area (Å²) in [5.41, 5.74) is 3.66. The number of hydrogen-bond acceptors (Lipinski definition) is 5. The Morgan fingerprint density at radius 1 is 1.15 bits per heavy atom. The number of para-hydroxylation sites is 2. The van der Waals surface area contributed by atoms with Gasteiger partial charge in [-0.25, -0.2) is 4.98 Å².